The van der Waals surface area contributed by atoms with Gasteiger partial charge in [0.25, 0.3) is 0 Å². The van der Waals surface area contributed by atoms with Crippen molar-refractivity contribution >= 4 is 11.6 Å². The molecule has 1 rings (SSSR count). The van der Waals surface area contributed by atoms with Crippen LogP contribution in [0.2, 0.25) is 0 Å². The lowest BCUT2D eigenvalue weighted by Crippen LogP contribution is -2.21. The molecule has 1 atom stereocenters. The van der Waals surface area contributed by atoms with E-state index in [-0.39, 0.29) is 19.1 Å². The normalized spacial score (nSPS) is 11.9. The van der Waals surface area contributed by atoms with Crippen LogP contribution in [0.3, 0.4) is 0 Å². The van der Waals surface area contributed by atoms with Crippen LogP contribution in [0.4, 0.5) is 5.69 Å². The molecular formula is C10H14N2O4. The minimum atomic E-state index is -0.920. The fourth-order valence-corrected chi connectivity index (χ4v) is 0.977. The molecule has 16 heavy (non-hydrogen) atoms. The first-order valence-corrected chi connectivity index (χ1v) is 4.77. The molecule has 3 N–H and O–H groups in total. The number of carbonyl (C=O) groups excluding carboxylic acids is 1. The molecule has 6 nitrogen and oxygen atoms in total. The van der Waals surface area contributed by atoms with Crippen LogP contribution in [-0.2, 0) is 4.79 Å². The number of hydrogen-bond acceptors (Lipinski definition) is 5. The number of pyridine rings is 1. The van der Waals surface area contributed by atoms with E-state index in [1.54, 1.807) is 12.1 Å². The van der Waals surface area contributed by atoms with E-state index in [2.05, 4.69) is 10.3 Å². The van der Waals surface area contributed by atoms with Crippen molar-refractivity contribution in [1.29, 1.82) is 0 Å². The summed E-state index contributed by atoms with van der Waals surface area (Å²) in [6, 6.07) is 3.20. The van der Waals surface area contributed by atoms with Crippen molar-refractivity contribution in [2.75, 3.05) is 18.5 Å². The Hall–Kier alpha value is -1.66. The van der Waals surface area contributed by atoms with E-state index in [1.807, 2.05) is 0 Å². The van der Waals surface area contributed by atoms with Gasteiger partial charge < -0.3 is 20.3 Å². The monoisotopic (exact) mass is 226 g/mol. The van der Waals surface area contributed by atoms with Crippen LogP contribution in [0.15, 0.2) is 18.3 Å². The van der Waals surface area contributed by atoms with E-state index >= 15 is 0 Å². The van der Waals surface area contributed by atoms with Gasteiger partial charge in [-0.2, -0.15) is 0 Å². The summed E-state index contributed by atoms with van der Waals surface area (Å²) in [4.78, 5) is 14.6. The predicted octanol–water partition coefficient (Wildman–Crippen LogP) is -0.228. The van der Waals surface area contributed by atoms with Crippen LogP contribution in [-0.4, -0.2) is 40.4 Å². The van der Waals surface area contributed by atoms with E-state index in [9.17, 15) is 4.79 Å². The largest absolute Gasteiger partial charge is 0.475 e. The Morgan fingerprint density at radius 3 is 2.88 bits per heavy atom. The number of nitrogens with one attached hydrogen (secondary N) is 1. The summed E-state index contributed by atoms with van der Waals surface area (Å²) in [5, 5.41) is 20.2. The SMILES string of the molecule is CC(=O)Nc1ccc(OC[C@H](O)CO)nc1. The molecular weight excluding hydrogens is 212 g/mol. The second-order valence-corrected chi connectivity index (χ2v) is 3.21. The number of hydrogen-bond donors (Lipinski definition) is 3. The van der Waals surface area contributed by atoms with Gasteiger partial charge >= 0.3 is 0 Å². The summed E-state index contributed by atoms with van der Waals surface area (Å²) in [7, 11) is 0. The van der Waals surface area contributed by atoms with Gasteiger partial charge in [-0.15, -0.1) is 0 Å². The van der Waals surface area contributed by atoms with Crippen molar-refractivity contribution in [3.05, 3.63) is 18.3 Å². The zero-order valence-corrected chi connectivity index (χ0v) is 8.88. The van der Waals surface area contributed by atoms with Gasteiger partial charge in [0.05, 0.1) is 18.5 Å². The number of amides is 1. The first kappa shape index (κ1) is 12.4. The average molecular weight is 226 g/mol. The van der Waals surface area contributed by atoms with Crippen molar-refractivity contribution in [1.82, 2.24) is 4.98 Å². The number of anilines is 1. The number of nitrogens with zero attached hydrogens (tertiary/aromatic N) is 1. The molecule has 0 unspecified atom stereocenters. The van der Waals surface area contributed by atoms with Crippen molar-refractivity contribution in [3.63, 3.8) is 0 Å². The lowest BCUT2D eigenvalue weighted by molar-refractivity contribution is -0.114. The molecule has 1 heterocycles. The van der Waals surface area contributed by atoms with Crippen LogP contribution in [0, 0.1) is 0 Å². The summed E-state index contributed by atoms with van der Waals surface area (Å²) >= 11 is 0. The van der Waals surface area contributed by atoms with Gasteiger partial charge in [-0.05, 0) is 6.07 Å². The first-order chi connectivity index (χ1) is 7.61. The molecule has 0 aliphatic carbocycles. The van der Waals surface area contributed by atoms with Crippen LogP contribution in [0.1, 0.15) is 6.92 Å². The van der Waals surface area contributed by atoms with E-state index in [0.717, 1.165) is 0 Å². The van der Waals surface area contributed by atoms with Gasteiger partial charge in [0.15, 0.2) is 0 Å². The second kappa shape index (κ2) is 6.04. The topological polar surface area (TPSA) is 91.7 Å². The average Bonchev–Trinajstić information content (AvgIpc) is 2.27. The molecule has 0 spiro atoms. The summed E-state index contributed by atoms with van der Waals surface area (Å²) in [5.74, 6) is 0.146. The summed E-state index contributed by atoms with van der Waals surface area (Å²) < 4.78 is 5.08. The Kier molecular flexibility index (Phi) is 4.68. The van der Waals surface area contributed by atoms with Gasteiger partial charge in [-0.25, -0.2) is 4.98 Å². The molecule has 1 aromatic rings. The Morgan fingerprint density at radius 2 is 2.38 bits per heavy atom. The lowest BCUT2D eigenvalue weighted by Gasteiger charge is -2.09. The highest BCUT2D eigenvalue weighted by Gasteiger charge is 2.03. The molecule has 1 amide bonds. The maximum Gasteiger partial charge on any atom is 0.221 e. The fraction of sp³-hybridized carbons (Fsp3) is 0.400. The smallest absolute Gasteiger partial charge is 0.221 e. The number of ether oxygens (including phenoxy) is 1. The first-order valence-electron chi connectivity index (χ1n) is 4.77. The van der Waals surface area contributed by atoms with E-state index in [0.29, 0.717) is 11.6 Å². The summed E-state index contributed by atoms with van der Waals surface area (Å²) in [5.41, 5.74) is 0.572. The molecule has 0 saturated heterocycles. The van der Waals surface area contributed by atoms with Gasteiger partial charge in [0, 0.05) is 13.0 Å². The zero-order valence-electron chi connectivity index (χ0n) is 8.88. The molecule has 88 valence electrons. The predicted molar refractivity (Wildman–Crippen MR) is 57.1 cm³/mol. The van der Waals surface area contributed by atoms with Gasteiger partial charge in [0.1, 0.15) is 12.7 Å². The third-order valence-electron chi connectivity index (χ3n) is 1.69. The quantitative estimate of drug-likeness (QED) is 0.645. The Bertz CT molecular complexity index is 339. The summed E-state index contributed by atoms with van der Waals surface area (Å²) in [6.45, 7) is 1.02. The Labute approximate surface area is 92.9 Å². The van der Waals surface area contributed by atoms with Crippen LogP contribution < -0.4 is 10.1 Å². The molecule has 0 radical (unpaired) electrons. The maximum absolute atomic E-state index is 10.7. The minimum Gasteiger partial charge on any atom is -0.475 e. The third-order valence-corrected chi connectivity index (χ3v) is 1.69. The number of aromatic nitrogens is 1. The number of rotatable bonds is 5. The van der Waals surface area contributed by atoms with Crippen molar-refractivity contribution < 1.29 is 19.7 Å². The Balaban J connectivity index is 2.48. The maximum atomic E-state index is 10.7. The number of aliphatic hydroxyl groups excluding tert-OH is 2. The molecule has 0 aliphatic rings. The van der Waals surface area contributed by atoms with Gasteiger partial charge in [0.2, 0.25) is 11.8 Å². The highest BCUT2D eigenvalue weighted by molar-refractivity contribution is 5.88. The molecule has 1 aromatic heterocycles. The van der Waals surface area contributed by atoms with E-state index in [1.165, 1.54) is 13.1 Å². The zero-order chi connectivity index (χ0) is 12.0. The van der Waals surface area contributed by atoms with Crippen molar-refractivity contribution in [3.8, 4) is 5.88 Å². The van der Waals surface area contributed by atoms with E-state index < -0.39 is 6.10 Å². The lowest BCUT2D eigenvalue weighted by atomic mass is 10.4. The highest BCUT2D eigenvalue weighted by Crippen LogP contribution is 2.11. The fourth-order valence-electron chi connectivity index (χ4n) is 0.977. The highest BCUT2D eigenvalue weighted by atomic mass is 16.5. The van der Waals surface area contributed by atoms with Crippen LogP contribution >= 0.6 is 0 Å². The molecule has 0 aromatic carbocycles. The second-order valence-electron chi connectivity index (χ2n) is 3.21. The van der Waals surface area contributed by atoms with Crippen LogP contribution in [0.5, 0.6) is 5.88 Å². The minimum absolute atomic E-state index is 0.0248. The molecule has 0 bridgehead atoms. The number of carbonyl (C=O) groups is 1. The standard InChI is InChI=1S/C10H14N2O4/c1-7(14)12-8-2-3-10(11-4-8)16-6-9(15)5-13/h2-4,9,13,15H,5-6H2,1H3,(H,12,14)/t9-/m1/s1. The van der Waals surface area contributed by atoms with E-state index in [4.69, 9.17) is 14.9 Å². The van der Waals surface area contributed by atoms with Gasteiger partial charge in [-0.1, -0.05) is 0 Å². The Morgan fingerprint density at radius 1 is 1.62 bits per heavy atom. The number of aliphatic hydroxyl groups is 2. The van der Waals surface area contributed by atoms with Crippen LogP contribution in [0.25, 0.3) is 0 Å². The van der Waals surface area contributed by atoms with Gasteiger partial charge in [-0.3, -0.25) is 4.79 Å². The summed E-state index contributed by atoms with van der Waals surface area (Å²) in [6.07, 6.45) is 0.527. The molecule has 0 aliphatic heterocycles. The third kappa shape index (κ3) is 4.24. The molecule has 6 heteroatoms. The molecule has 0 saturated carbocycles. The van der Waals surface area contributed by atoms with Crippen molar-refractivity contribution in [2.24, 2.45) is 0 Å². The van der Waals surface area contributed by atoms with Crippen molar-refractivity contribution in [2.45, 2.75) is 13.0 Å². The molecule has 0 fully saturated rings.